The maximum Gasteiger partial charge on any atom is 0.317 e. The first-order valence-corrected chi connectivity index (χ1v) is 9.53. The molecule has 0 bridgehead atoms. The first kappa shape index (κ1) is 19.8. The van der Waals surface area contributed by atoms with Crippen molar-refractivity contribution in [3.63, 3.8) is 0 Å². The molecule has 1 aliphatic rings. The zero-order chi connectivity index (χ0) is 18.4. The van der Waals surface area contributed by atoms with E-state index in [1.54, 1.807) is 0 Å². The molecule has 1 unspecified atom stereocenters. The quantitative estimate of drug-likeness (QED) is 0.820. The number of rotatable bonds is 6. The largest absolute Gasteiger partial charge is 0.396 e. The Morgan fingerprint density at radius 3 is 2.40 bits per heavy atom. The number of amides is 2. The Morgan fingerprint density at radius 2 is 1.84 bits per heavy atom. The summed E-state index contributed by atoms with van der Waals surface area (Å²) in [5.41, 5.74) is 1.32. The van der Waals surface area contributed by atoms with E-state index >= 15 is 0 Å². The van der Waals surface area contributed by atoms with Crippen LogP contribution in [-0.4, -0.2) is 41.8 Å². The van der Waals surface area contributed by atoms with Gasteiger partial charge in [0.1, 0.15) is 0 Å². The lowest BCUT2D eigenvalue weighted by Crippen LogP contribution is -2.48. The van der Waals surface area contributed by atoms with Crippen LogP contribution in [0.2, 0.25) is 0 Å². The lowest BCUT2D eigenvalue weighted by atomic mass is 9.79. The van der Waals surface area contributed by atoms with Gasteiger partial charge in [0.15, 0.2) is 0 Å². The van der Waals surface area contributed by atoms with Gasteiger partial charge < -0.3 is 15.3 Å². The Morgan fingerprint density at radius 1 is 1.24 bits per heavy atom. The van der Waals surface area contributed by atoms with Crippen LogP contribution in [0, 0.1) is 5.92 Å². The topological polar surface area (TPSA) is 52.6 Å². The summed E-state index contributed by atoms with van der Waals surface area (Å²) < 4.78 is 0. The second-order valence-corrected chi connectivity index (χ2v) is 8.27. The summed E-state index contributed by atoms with van der Waals surface area (Å²) in [5, 5.41) is 12.4. The van der Waals surface area contributed by atoms with Gasteiger partial charge in [-0.1, -0.05) is 44.2 Å². The maximum absolute atomic E-state index is 12.6. The predicted octanol–water partition coefficient (Wildman–Crippen LogP) is 3.94. The average molecular weight is 347 g/mol. The van der Waals surface area contributed by atoms with Crippen LogP contribution in [0.3, 0.4) is 0 Å². The molecule has 1 fully saturated rings. The lowest BCUT2D eigenvalue weighted by Gasteiger charge is -2.35. The van der Waals surface area contributed by atoms with Gasteiger partial charge >= 0.3 is 6.03 Å². The molecule has 0 heterocycles. The van der Waals surface area contributed by atoms with E-state index in [1.165, 1.54) is 5.56 Å². The van der Waals surface area contributed by atoms with Gasteiger partial charge in [0.05, 0.1) is 0 Å². The second kappa shape index (κ2) is 8.70. The smallest absolute Gasteiger partial charge is 0.317 e. The Bertz CT molecular complexity index is 536. The van der Waals surface area contributed by atoms with Crippen LogP contribution in [0.5, 0.6) is 0 Å². The van der Waals surface area contributed by atoms with Crippen molar-refractivity contribution >= 4 is 6.03 Å². The molecule has 2 rings (SSSR count). The third-order valence-corrected chi connectivity index (χ3v) is 5.68. The normalized spacial score (nSPS) is 22.3. The average Bonchev–Trinajstić information content (AvgIpc) is 2.61. The van der Waals surface area contributed by atoms with E-state index in [9.17, 15) is 9.90 Å². The Kier molecular flexibility index (Phi) is 6.88. The van der Waals surface area contributed by atoms with E-state index < -0.39 is 0 Å². The Hall–Kier alpha value is -1.55. The van der Waals surface area contributed by atoms with Gasteiger partial charge in [-0.15, -0.1) is 0 Å². The van der Waals surface area contributed by atoms with Gasteiger partial charge in [0.25, 0.3) is 0 Å². The highest BCUT2D eigenvalue weighted by Gasteiger charge is 2.28. The standard InChI is InChI=1S/C21H34N2O2/c1-16(14-21(2,3)18-8-6-5-7-9-18)22-20(25)23(4)19-12-10-17(15-24)11-13-19/h5-9,16-17,19,24H,10-15H2,1-4H3,(H,22,25). The van der Waals surface area contributed by atoms with Crippen molar-refractivity contribution in [3.8, 4) is 0 Å². The molecular formula is C21H34N2O2. The maximum atomic E-state index is 12.6. The van der Waals surface area contributed by atoms with Crippen LogP contribution in [0.4, 0.5) is 4.79 Å². The summed E-state index contributed by atoms with van der Waals surface area (Å²) in [6.07, 6.45) is 4.89. The number of carbonyl (C=O) groups is 1. The summed E-state index contributed by atoms with van der Waals surface area (Å²) in [7, 11) is 1.90. The van der Waals surface area contributed by atoms with Crippen molar-refractivity contribution in [2.75, 3.05) is 13.7 Å². The monoisotopic (exact) mass is 346 g/mol. The summed E-state index contributed by atoms with van der Waals surface area (Å²) in [6.45, 7) is 6.81. The molecule has 0 aromatic heterocycles. The van der Waals surface area contributed by atoms with Crippen LogP contribution < -0.4 is 5.32 Å². The fourth-order valence-corrected chi connectivity index (χ4v) is 4.02. The minimum absolute atomic E-state index is 0.0174. The Labute approximate surface area is 152 Å². The number of nitrogens with one attached hydrogen (secondary N) is 1. The molecule has 4 heteroatoms. The van der Waals surface area contributed by atoms with Crippen LogP contribution >= 0.6 is 0 Å². The molecular weight excluding hydrogens is 312 g/mol. The third-order valence-electron chi connectivity index (χ3n) is 5.68. The zero-order valence-corrected chi connectivity index (χ0v) is 16.2. The highest BCUT2D eigenvalue weighted by atomic mass is 16.3. The molecule has 0 spiro atoms. The van der Waals surface area contributed by atoms with E-state index in [0.29, 0.717) is 5.92 Å². The van der Waals surface area contributed by atoms with Crippen molar-refractivity contribution < 1.29 is 9.90 Å². The minimum Gasteiger partial charge on any atom is -0.396 e. The first-order valence-electron chi connectivity index (χ1n) is 9.53. The molecule has 25 heavy (non-hydrogen) atoms. The van der Waals surface area contributed by atoms with Crippen molar-refractivity contribution in [2.45, 2.75) is 70.4 Å². The SMILES string of the molecule is CC(CC(C)(C)c1ccccc1)NC(=O)N(C)C1CCC(CO)CC1. The Balaban J connectivity index is 1.85. The third kappa shape index (κ3) is 5.46. The highest BCUT2D eigenvalue weighted by molar-refractivity contribution is 5.74. The van der Waals surface area contributed by atoms with Crippen LogP contribution in [0.1, 0.15) is 58.4 Å². The van der Waals surface area contributed by atoms with E-state index in [1.807, 2.05) is 18.0 Å². The number of aliphatic hydroxyl groups excluding tert-OH is 1. The molecule has 1 saturated carbocycles. The van der Waals surface area contributed by atoms with Gasteiger partial charge in [0.2, 0.25) is 0 Å². The van der Waals surface area contributed by atoms with Gasteiger partial charge in [-0.25, -0.2) is 4.79 Å². The van der Waals surface area contributed by atoms with Crippen LogP contribution in [-0.2, 0) is 5.41 Å². The van der Waals surface area contributed by atoms with Gasteiger partial charge in [0, 0.05) is 25.7 Å². The van der Waals surface area contributed by atoms with Crippen LogP contribution in [0.15, 0.2) is 30.3 Å². The molecule has 0 radical (unpaired) electrons. The molecule has 4 nitrogen and oxygen atoms in total. The summed E-state index contributed by atoms with van der Waals surface area (Å²) >= 11 is 0. The van der Waals surface area contributed by atoms with E-state index in [0.717, 1.165) is 32.1 Å². The summed E-state index contributed by atoms with van der Waals surface area (Å²) in [4.78, 5) is 14.5. The van der Waals surface area contributed by atoms with Crippen LogP contribution in [0.25, 0.3) is 0 Å². The fourth-order valence-electron chi connectivity index (χ4n) is 4.02. The number of hydrogen-bond donors (Lipinski definition) is 2. The number of aliphatic hydroxyl groups is 1. The number of carbonyl (C=O) groups excluding carboxylic acids is 1. The predicted molar refractivity (Wildman–Crippen MR) is 103 cm³/mol. The molecule has 0 aliphatic heterocycles. The molecule has 1 aromatic carbocycles. The van der Waals surface area contributed by atoms with Gasteiger partial charge in [-0.2, -0.15) is 0 Å². The lowest BCUT2D eigenvalue weighted by molar-refractivity contribution is 0.132. The van der Waals surface area contributed by atoms with Crippen molar-refractivity contribution in [1.82, 2.24) is 10.2 Å². The van der Waals surface area contributed by atoms with Crippen molar-refractivity contribution in [2.24, 2.45) is 5.92 Å². The molecule has 140 valence electrons. The number of hydrogen-bond acceptors (Lipinski definition) is 2. The first-order chi connectivity index (χ1) is 11.8. The molecule has 0 saturated heterocycles. The van der Waals surface area contributed by atoms with Crippen molar-refractivity contribution in [3.05, 3.63) is 35.9 Å². The fraction of sp³-hybridized carbons (Fsp3) is 0.667. The van der Waals surface area contributed by atoms with E-state index in [-0.39, 0.29) is 30.1 Å². The number of benzene rings is 1. The highest BCUT2D eigenvalue weighted by Crippen LogP contribution is 2.29. The molecule has 1 aliphatic carbocycles. The van der Waals surface area contributed by atoms with Gasteiger partial charge in [-0.05, 0) is 55.9 Å². The summed E-state index contributed by atoms with van der Waals surface area (Å²) in [5.74, 6) is 0.415. The zero-order valence-electron chi connectivity index (χ0n) is 16.2. The molecule has 1 atom stereocenters. The molecule has 2 N–H and O–H groups in total. The number of urea groups is 1. The molecule has 2 amide bonds. The van der Waals surface area contributed by atoms with Gasteiger partial charge in [-0.3, -0.25) is 0 Å². The molecule has 1 aromatic rings. The van der Waals surface area contributed by atoms with E-state index in [4.69, 9.17) is 0 Å². The minimum atomic E-state index is 0.0174. The number of nitrogens with zero attached hydrogens (tertiary/aromatic N) is 1. The summed E-state index contributed by atoms with van der Waals surface area (Å²) in [6, 6.07) is 10.9. The van der Waals surface area contributed by atoms with E-state index in [2.05, 4.69) is 50.4 Å². The van der Waals surface area contributed by atoms with Crippen molar-refractivity contribution in [1.29, 1.82) is 0 Å². The second-order valence-electron chi connectivity index (χ2n) is 8.27.